The van der Waals surface area contributed by atoms with Crippen molar-refractivity contribution in [1.82, 2.24) is 0 Å². The van der Waals surface area contributed by atoms with Crippen molar-refractivity contribution in [3.63, 3.8) is 0 Å². The number of methoxy groups -OCH3 is 1. The van der Waals surface area contributed by atoms with Crippen LogP contribution in [0, 0.1) is 20.2 Å². The standard InChI is InChI=1S/C11H10F3N3O5/c1-22-10-6(11(12,13)14)4-7(16(18)19)8(9(10)17(20)21)15-5-2-3-5/h4-5,15H,2-3H2,1H3. The lowest BCUT2D eigenvalue weighted by Crippen LogP contribution is -2.14. The predicted octanol–water partition coefficient (Wildman–Crippen LogP) is 3.10. The average molecular weight is 321 g/mol. The highest BCUT2D eigenvalue weighted by molar-refractivity contribution is 5.81. The number of anilines is 1. The molecule has 0 saturated heterocycles. The Labute approximate surface area is 121 Å². The zero-order valence-corrected chi connectivity index (χ0v) is 11.1. The van der Waals surface area contributed by atoms with Crippen molar-refractivity contribution in [2.75, 3.05) is 12.4 Å². The molecule has 0 heterocycles. The Morgan fingerprint density at radius 3 is 2.23 bits per heavy atom. The maximum absolute atomic E-state index is 13.0. The molecule has 8 nitrogen and oxygen atoms in total. The smallest absolute Gasteiger partial charge is 0.420 e. The van der Waals surface area contributed by atoms with Crippen LogP contribution in [-0.4, -0.2) is 23.0 Å². The molecule has 0 amide bonds. The number of nitrogens with zero attached hydrogens (tertiary/aromatic N) is 2. The minimum atomic E-state index is -5.03. The molecule has 0 aliphatic heterocycles. The van der Waals surface area contributed by atoms with Gasteiger partial charge in [0.05, 0.1) is 17.0 Å². The fourth-order valence-corrected chi connectivity index (χ4v) is 1.95. The van der Waals surface area contributed by atoms with E-state index >= 15 is 0 Å². The van der Waals surface area contributed by atoms with Gasteiger partial charge < -0.3 is 10.1 Å². The van der Waals surface area contributed by atoms with Gasteiger partial charge in [0.2, 0.25) is 5.75 Å². The summed E-state index contributed by atoms with van der Waals surface area (Å²) in [6, 6.07) is 0.00939. The normalized spacial score (nSPS) is 14.5. The molecule has 1 aromatic carbocycles. The van der Waals surface area contributed by atoms with E-state index in [1.807, 2.05) is 0 Å². The lowest BCUT2D eigenvalue weighted by atomic mass is 10.1. The van der Waals surface area contributed by atoms with Crippen molar-refractivity contribution >= 4 is 17.1 Å². The Hall–Kier alpha value is -2.59. The molecule has 1 aliphatic carbocycles. The highest BCUT2D eigenvalue weighted by Gasteiger charge is 2.44. The Bertz CT molecular complexity index is 643. The second kappa shape index (κ2) is 5.31. The molecule has 120 valence electrons. The molecule has 0 spiro atoms. The maximum atomic E-state index is 13.0. The molecular weight excluding hydrogens is 311 g/mol. The van der Waals surface area contributed by atoms with E-state index < -0.39 is 44.4 Å². The fraction of sp³-hybridized carbons (Fsp3) is 0.455. The van der Waals surface area contributed by atoms with E-state index in [1.165, 1.54) is 0 Å². The van der Waals surface area contributed by atoms with Gasteiger partial charge in [-0.05, 0) is 12.8 Å². The summed E-state index contributed by atoms with van der Waals surface area (Å²) < 4.78 is 43.5. The number of benzene rings is 1. The van der Waals surface area contributed by atoms with Gasteiger partial charge in [0.25, 0.3) is 5.69 Å². The van der Waals surface area contributed by atoms with E-state index in [0.29, 0.717) is 12.8 Å². The van der Waals surface area contributed by atoms with E-state index in [9.17, 15) is 33.4 Å². The second-order valence-electron chi connectivity index (χ2n) is 4.63. The van der Waals surface area contributed by atoms with Crippen molar-refractivity contribution in [3.8, 4) is 5.75 Å². The van der Waals surface area contributed by atoms with E-state index in [4.69, 9.17) is 0 Å². The number of ether oxygens (including phenoxy) is 1. The predicted molar refractivity (Wildman–Crippen MR) is 67.9 cm³/mol. The van der Waals surface area contributed by atoms with Crippen LogP contribution in [0.4, 0.5) is 30.2 Å². The topological polar surface area (TPSA) is 108 Å². The van der Waals surface area contributed by atoms with E-state index in [0.717, 1.165) is 7.11 Å². The Morgan fingerprint density at radius 2 is 1.86 bits per heavy atom. The molecular formula is C11H10F3N3O5. The summed E-state index contributed by atoms with van der Waals surface area (Å²) in [4.78, 5) is 20.0. The molecule has 1 saturated carbocycles. The summed E-state index contributed by atoms with van der Waals surface area (Å²) in [6.07, 6.45) is -3.78. The van der Waals surface area contributed by atoms with Crippen molar-refractivity contribution in [2.24, 2.45) is 0 Å². The SMILES string of the molecule is COc1c(C(F)(F)F)cc([N+](=O)[O-])c(NC2CC2)c1[N+](=O)[O-]. The van der Waals surface area contributed by atoms with Crippen LogP contribution in [0.3, 0.4) is 0 Å². The van der Waals surface area contributed by atoms with Crippen LogP contribution in [0.2, 0.25) is 0 Å². The van der Waals surface area contributed by atoms with Crippen LogP contribution < -0.4 is 10.1 Å². The summed E-state index contributed by atoms with van der Waals surface area (Å²) in [7, 11) is 0.838. The monoisotopic (exact) mass is 321 g/mol. The number of halogens is 3. The largest absolute Gasteiger partial charge is 0.490 e. The first-order chi connectivity index (χ1) is 10.2. The summed E-state index contributed by atoms with van der Waals surface area (Å²) >= 11 is 0. The lowest BCUT2D eigenvalue weighted by molar-refractivity contribution is -0.393. The van der Waals surface area contributed by atoms with Crippen LogP contribution >= 0.6 is 0 Å². The van der Waals surface area contributed by atoms with Gasteiger partial charge in [-0.1, -0.05) is 0 Å². The first-order valence-corrected chi connectivity index (χ1v) is 6.04. The van der Waals surface area contributed by atoms with Gasteiger partial charge in [-0.2, -0.15) is 13.2 Å². The van der Waals surface area contributed by atoms with Crippen molar-refractivity contribution in [3.05, 3.63) is 31.9 Å². The third kappa shape index (κ3) is 2.87. The molecule has 11 heteroatoms. The molecule has 0 radical (unpaired) electrons. The highest BCUT2D eigenvalue weighted by atomic mass is 19.4. The molecule has 22 heavy (non-hydrogen) atoms. The number of rotatable bonds is 5. The van der Waals surface area contributed by atoms with E-state index in [1.54, 1.807) is 0 Å². The Kier molecular flexibility index (Phi) is 3.81. The molecule has 0 aromatic heterocycles. The number of hydrogen-bond acceptors (Lipinski definition) is 6. The first-order valence-electron chi connectivity index (χ1n) is 6.04. The van der Waals surface area contributed by atoms with Crippen LogP contribution in [0.25, 0.3) is 0 Å². The summed E-state index contributed by atoms with van der Waals surface area (Å²) in [6.45, 7) is 0. The number of nitro groups is 2. The van der Waals surface area contributed by atoms with Crippen molar-refractivity contribution in [1.29, 1.82) is 0 Å². The molecule has 1 aliphatic rings. The average Bonchev–Trinajstić information content (AvgIpc) is 3.19. The fourth-order valence-electron chi connectivity index (χ4n) is 1.95. The van der Waals surface area contributed by atoms with Gasteiger partial charge in [-0.15, -0.1) is 0 Å². The molecule has 0 unspecified atom stereocenters. The van der Waals surface area contributed by atoms with Gasteiger partial charge in [0.15, 0.2) is 5.69 Å². The van der Waals surface area contributed by atoms with E-state index in [2.05, 4.69) is 10.1 Å². The number of nitro benzene ring substituents is 2. The van der Waals surface area contributed by atoms with Crippen LogP contribution in [-0.2, 0) is 6.18 Å². The number of alkyl halides is 3. The highest BCUT2D eigenvalue weighted by Crippen LogP contribution is 2.50. The molecule has 1 fully saturated rings. The molecule has 2 rings (SSSR count). The minimum Gasteiger partial charge on any atom is -0.490 e. The zero-order valence-electron chi connectivity index (χ0n) is 11.1. The first kappa shape index (κ1) is 15.8. The van der Waals surface area contributed by atoms with Gasteiger partial charge in [-0.3, -0.25) is 20.2 Å². The van der Waals surface area contributed by atoms with Crippen molar-refractivity contribution < 1.29 is 27.8 Å². The Balaban J connectivity index is 2.79. The zero-order chi connectivity index (χ0) is 16.7. The van der Waals surface area contributed by atoms with Gasteiger partial charge >= 0.3 is 11.9 Å². The van der Waals surface area contributed by atoms with Crippen LogP contribution in [0.1, 0.15) is 18.4 Å². The Morgan fingerprint density at radius 1 is 1.27 bits per heavy atom. The molecule has 1 aromatic rings. The van der Waals surface area contributed by atoms with Crippen LogP contribution in [0.15, 0.2) is 6.07 Å². The summed E-state index contributed by atoms with van der Waals surface area (Å²) in [5.74, 6) is -1.05. The molecule has 1 N–H and O–H groups in total. The summed E-state index contributed by atoms with van der Waals surface area (Å²) in [5, 5.41) is 24.7. The lowest BCUT2D eigenvalue weighted by Gasteiger charge is -2.15. The summed E-state index contributed by atoms with van der Waals surface area (Å²) in [5.41, 5.74) is -4.22. The number of nitrogens with one attached hydrogen (secondary N) is 1. The quantitative estimate of drug-likeness (QED) is 0.659. The third-order valence-corrected chi connectivity index (χ3v) is 3.05. The van der Waals surface area contributed by atoms with Gasteiger partial charge in [0, 0.05) is 12.1 Å². The molecule has 0 bridgehead atoms. The number of hydrogen-bond donors (Lipinski definition) is 1. The van der Waals surface area contributed by atoms with Gasteiger partial charge in [0.1, 0.15) is 5.56 Å². The van der Waals surface area contributed by atoms with Crippen LogP contribution in [0.5, 0.6) is 5.75 Å². The molecule has 0 atom stereocenters. The van der Waals surface area contributed by atoms with E-state index in [-0.39, 0.29) is 12.1 Å². The minimum absolute atomic E-state index is 0.237. The maximum Gasteiger partial charge on any atom is 0.420 e. The third-order valence-electron chi connectivity index (χ3n) is 3.05. The van der Waals surface area contributed by atoms with Gasteiger partial charge in [-0.25, -0.2) is 0 Å². The second-order valence-corrected chi connectivity index (χ2v) is 4.63. The van der Waals surface area contributed by atoms with Crippen molar-refractivity contribution in [2.45, 2.75) is 25.1 Å².